The molecule has 0 aromatic carbocycles. The van der Waals surface area contributed by atoms with Crippen LogP contribution in [0.1, 0.15) is 37.0 Å². The van der Waals surface area contributed by atoms with E-state index < -0.39 is 0 Å². The van der Waals surface area contributed by atoms with Crippen LogP contribution in [0.2, 0.25) is 5.15 Å². The van der Waals surface area contributed by atoms with Crippen LogP contribution in [-0.2, 0) is 12.8 Å². The van der Waals surface area contributed by atoms with E-state index in [2.05, 4.69) is 47.5 Å². The van der Waals surface area contributed by atoms with Crippen molar-refractivity contribution < 1.29 is 0 Å². The van der Waals surface area contributed by atoms with Crippen LogP contribution in [0.3, 0.4) is 0 Å². The molecule has 0 saturated heterocycles. The smallest absolute Gasteiger partial charge is 0.148 e. The lowest BCUT2D eigenvalue weighted by molar-refractivity contribution is 0.314. The number of fused-ring (bicyclic) bond motifs is 1. The van der Waals surface area contributed by atoms with Crippen LogP contribution in [0.25, 0.3) is 0 Å². The lowest BCUT2D eigenvalue weighted by Gasteiger charge is -2.32. The van der Waals surface area contributed by atoms with E-state index in [1.54, 1.807) is 0 Å². The first-order valence-corrected chi connectivity index (χ1v) is 6.67. The maximum atomic E-state index is 9.16. The highest BCUT2D eigenvalue weighted by Crippen LogP contribution is 2.38. The standard InChI is InChI=1S/C12H12ClIN2/c1-12(2)4-3-7-8(5-12)9(6-15)10(13)16-11(7)14/h3-5H2,1-2H3. The van der Waals surface area contributed by atoms with Crippen molar-refractivity contribution in [2.24, 2.45) is 5.41 Å². The lowest BCUT2D eigenvalue weighted by Crippen LogP contribution is -2.24. The van der Waals surface area contributed by atoms with Gasteiger partial charge >= 0.3 is 0 Å². The predicted molar refractivity (Wildman–Crippen MR) is 72.5 cm³/mol. The number of halogens is 2. The van der Waals surface area contributed by atoms with Crippen molar-refractivity contribution in [1.82, 2.24) is 4.98 Å². The second kappa shape index (κ2) is 4.15. The van der Waals surface area contributed by atoms with Crippen molar-refractivity contribution in [3.8, 4) is 6.07 Å². The zero-order valence-corrected chi connectivity index (χ0v) is 12.2. The van der Waals surface area contributed by atoms with Crippen molar-refractivity contribution >= 4 is 34.2 Å². The molecule has 0 spiro atoms. The molecule has 1 heterocycles. The Morgan fingerprint density at radius 3 is 2.75 bits per heavy atom. The molecule has 0 unspecified atom stereocenters. The first kappa shape index (κ1) is 12.1. The van der Waals surface area contributed by atoms with E-state index in [1.807, 2.05) is 0 Å². The third kappa shape index (κ3) is 2.05. The molecule has 1 aliphatic rings. The molecule has 2 nitrogen and oxygen atoms in total. The number of nitriles is 1. The average Bonchev–Trinajstić information content (AvgIpc) is 2.16. The maximum absolute atomic E-state index is 9.16. The van der Waals surface area contributed by atoms with E-state index in [-0.39, 0.29) is 5.41 Å². The molecular formula is C12H12ClIN2. The summed E-state index contributed by atoms with van der Waals surface area (Å²) in [5.74, 6) is 0. The second-order valence-electron chi connectivity index (χ2n) is 4.98. The quantitative estimate of drug-likeness (QED) is 0.530. The number of aromatic nitrogens is 1. The fraction of sp³-hybridized carbons (Fsp3) is 0.500. The molecule has 0 aliphatic heterocycles. The molecule has 0 amide bonds. The second-order valence-corrected chi connectivity index (χ2v) is 6.36. The summed E-state index contributed by atoms with van der Waals surface area (Å²) < 4.78 is 0.951. The zero-order valence-electron chi connectivity index (χ0n) is 9.27. The molecule has 16 heavy (non-hydrogen) atoms. The molecule has 0 bridgehead atoms. The summed E-state index contributed by atoms with van der Waals surface area (Å²) in [6, 6.07) is 2.19. The van der Waals surface area contributed by atoms with E-state index >= 15 is 0 Å². The molecule has 0 fully saturated rings. The minimum absolute atomic E-state index is 0.256. The first-order valence-electron chi connectivity index (χ1n) is 5.21. The third-order valence-electron chi connectivity index (χ3n) is 3.14. The number of rotatable bonds is 0. The molecule has 1 aliphatic carbocycles. The van der Waals surface area contributed by atoms with Gasteiger partial charge in [-0.05, 0) is 58.4 Å². The molecule has 0 atom stereocenters. The maximum Gasteiger partial charge on any atom is 0.148 e. The fourth-order valence-corrected chi connectivity index (χ4v) is 3.42. The topological polar surface area (TPSA) is 36.7 Å². The summed E-state index contributed by atoms with van der Waals surface area (Å²) in [4.78, 5) is 4.24. The van der Waals surface area contributed by atoms with Gasteiger partial charge in [0.25, 0.3) is 0 Å². The highest BCUT2D eigenvalue weighted by atomic mass is 127. The summed E-state index contributed by atoms with van der Waals surface area (Å²) in [5.41, 5.74) is 3.17. The largest absolute Gasteiger partial charge is 0.228 e. The van der Waals surface area contributed by atoms with Crippen LogP contribution < -0.4 is 0 Å². The zero-order chi connectivity index (χ0) is 11.9. The van der Waals surface area contributed by atoms with Crippen LogP contribution in [0.5, 0.6) is 0 Å². The Labute approximate surface area is 114 Å². The Morgan fingerprint density at radius 2 is 2.12 bits per heavy atom. The van der Waals surface area contributed by atoms with Gasteiger partial charge in [-0.25, -0.2) is 4.98 Å². The van der Waals surface area contributed by atoms with Crippen molar-refractivity contribution in [2.75, 3.05) is 0 Å². The molecule has 2 rings (SSSR count). The van der Waals surface area contributed by atoms with Gasteiger partial charge in [-0.2, -0.15) is 5.26 Å². The molecule has 0 saturated carbocycles. The van der Waals surface area contributed by atoms with Crippen LogP contribution in [-0.4, -0.2) is 4.98 Å². The minimum atomic E-state index is 0.256. The fourth-order valence-electron chi connectivity index (χ4n) is 2.20. The van der Waals surface area contributed by atoms with Crippen molar-refractivity contribution in [3.63, 3.8) is 0 Å². The Hall–Kier alpha value is -0.340. The SMILES string of the molecule is CC1(C)CCc2c(I)nc(Cl)c(C#N)c2C1. The molecule has 0 radical (unpaired) electrons. The highest BCUT2D eigenvalue weighted by molar-refractivity contribution is 14.1. The summed E-state index contributed by atoms with van der Waals surface area (Å²) in [5, 5.41) is 9.51. The van der Waals surface area contributed by atoms with Crippen LogP contribution in [0, 0.1) is 20.4 Å². The Bertz CT molecular complexity index is 489. The summed E-state index contributed by atoms with van der Waals surface area (Å²) in [6.07, 6.45) is 3.06. The van der Waals surface area contributed by atoms with Gasteiger partial charge in [0.15, 0.2) is 0 Å². The molecule has 84 valence electrons. The monoisotopic (exact) mass is 346 g/mol. The van der Waals surface area contributed by atoms with E-state index in [0.717, 1.165) is 28.5 Å². The molecule has 0 N–H and O–H groups in total. The molecule has 1 aromatic heterocycles. The van der Waals surface area contributed by atoms with Crippen LogP contribution >= 0.6 is 34.2 Å². The molecular weight excluding hydrogens is 335 g/mol. The van der Waals surface area contributed by atoms with Crippen LogP contribution in [0.4, 0.5) is 0 Å². The third-order valence-corrected chi connectivity index (χ3v) is 4.30. The lowest BCUT2D eigenvalue weighted by atomic mass is 9.74. The van der Waals surface area contributed by atoms with E-state index in [4.69, 9.17) is 16.9 Å². The summed E-state index contributed by atoms with van der Waals surface area (Å²) >= 11 is 8.23. The van der Waals surface area contributed by atoms with Gasteiger partial charge in [0.2, 0.25) is 0 Å². The first-order chi connectivity index (χ1) is 7.44. The Balaban J connectivity index is 2.65. The van der Waals surface area contributed by atoms with Gasteiger partial charge in [-0.1, -0.05) is 25.4 Å². The van der Waals surface area contributed by atoms with Gasteiger partial charge in [0.1, 0.15) is 14.9 Å². The normalized spacial score (nSPS) is 17.7. The van der Waals surface area contributed by atoms with Crippen molar-refractivity contribution in [2.45, 2.75) is 33.1 Å². The number of nitrogens with zero attached hydrogens (tertiary/aromatic N) is 2. The molecule has 4 heteroatoms. The number of pyridine rings is 1. The summed E-state index contributed by atoms with van der Waals surface area (Å²) in [6.45, 7) is 4.47. The van der Waals surface area contributed by atoms with E-state index in [9.17, 15) is 0 Å². The van der Waals surface area contributed by atoms with Gasteiger partial charge in [0.05, 0.1) is 5.56 Å². The van der Waals surface area contributed by atoms with Crippen molar-refractivity contribution in [1.29, 1.82) is 5.26 Å². The van der Waals surface area contributed by atoms with Gasteiger partial charge in [-0.3, -0.25) is 0 Å². The number of hydrogen-bond donors (Lipinski definition) is 0. The molecule has 1 aromatic rings. The van der Waals surface area contributed by atoms with Crippen molar-refractivity contribution in [3.05, 3.63) is 25.5 Å². The Kier molecular flexibility index (Phi) is 3.15. The Morgan fingerprint density at radius 1 is 1.44 bits per heavy atom. The highest BCUT2D eigenvalue weighted by Gasteiger charge is 2.30. The minimum Gasteiger partial charge on any atom is -0.228 e. The number of hydrogen-bond acceptors (Lipinski definition) is 2. The van der Waals surface area contributed by atoms with Gasteiger partial charge in [0, 0.05) is 0 Å². The average molecular weight is 347 g/mol. The van der Waals surface area contributed by atoms with E-state index in [0.29, 0.717) is 10.7 Å². The van der Waals surface area contributed by atoms with E-state index in [1.165, 1.54) is 5.56 Å². The predicted octanol–water partition coefficient (Wildman–Crippen LogP) is 3.73. The van der Waals surface area contributed by atoms with Gasteiger partial charge < -0.3 is 0 Å². The van der Waals surface area contributed by atoms with Crippen LogP contribution in [0.15, 0.2) is 0 Å². The summed E-state index contributed by atoms with van der Waals surface area (Å²) in [7, 11) is 0. The van der Waals surface area contributed by atoms with Gasteiger partial charge in [-0.15, -0.1) is 0 Å².